The maximum absolute atomic E-state index is 12.7. The summed E-state index contributed by atoms with van der Waals surface area (Å²) in [6.45, 7) is -0.184. The number of nitrogens with zero attached hydrogens (tertiary/aromatic N) is 1. The van der Waals surface area contributed by atoms with Crippen molar-refractivity contribution in [2.45, 2.75) is 18.6 Å². The van der Waals surface area contributed by atoms with E-state index in [1.807, 2.05) is 0 Å². The molecule has 0 aromatic heterocycles. The third-order valence-corrected chi connectivity index (χ3v) is 2.82. The number of hydrogen-bond donors (Lipinski definition) is 1. The molecule has 0 amide bonds. The molecule has 0 radical (unpaired) electrons. The number of alkyl halides is 6. The second kappa shape index (κ2) is 7.18. The van der Waals surface area contributed by atoms with Gasteiger partial charge in [0, 0.05) is 19.8 Å². The molecule has 23 heavy (non-hydrogen) atoms. The number of rotatable bonds is 5. The highest BCUT2D eigenvalue weighted by Gasteiger charge is 2.37. The number of aliphatic imine (C=N–C) groups is 1. The summed E-state index contributed by atoms with van der Waals surface area (Å²) in [6, 6.07) is 1.02. The van der Waals surface area contributed by atoms with Crippen molar-refractivity contribution in [1.82, 2.24) is 0 Å². The third kappa shape index (κ3) is 5.39. The molecule has 0 heterocycles. The van der Waals surface area contributed by atoms with Gasteiger partial charge in [0.05, 0.1) is 17.7 Å². The van der Waals surface area contributed by atoms with E-state index >= 15 is 0 Å². The number of amidine groups is 1. The highest BCUT2D eigenvalue weighted by molar-refractivity contribution is 5.97. The van der Waals surface area contributed by atoms with Gasteiger partial charge in [-0.3, -0.25) is 4.99 Å². The van der Waals surface area contributed by atoms with Crippen LogP contribution in [0.25, 0.3) is 0 Å². The van der Waals surface area contributed by atoms with Crippen LogP contribution in [0.5, 0.6) is 0 Å². The summed E-state index contributed by atoms with van der Waals surface area (Å²) < 4.78 is 86.0. The van der Waals surface area contributed by atoms with E-state index < -0.39 is 41.2 Å². The molecule has 0 bridgehead atoms. The lowest BCUT2D eigenvalue weighted by molar-refractivity contribution is -0.143. The van der Waals surface area contributed by atoms with E-state index in [1.54, 1.807) is 0 Å². The van der Waals surface area contributed by atoms with Crippen LogP contribution in [-0.4, -0.2) is 32.9 Å². The first kappa shape index (κ1) is 19.2. The predicted molar refractivity (Wildman–Crippen MR) is 69.8 cm³/mol. The lowest BCUT2D eigenvalue weighted by atomic mass is 10.0. The number of methoxy groups -OCH3 is 2. The average molecular weight is 344 g/mol. The zero-order valence-corrected chi connectivity index (χ0v) is 12.1. The minimum Gasteiger partial charge on any atom is -0.384 e. The Morgan fingerprint density at radius 3 is 1.78 bits per heavy atom. The molecule has 0 atom stereocenters. The van der Waals surface area contributed by atoms with Crippen LogP contribution in [0, 0.1) is 0 Å². The Balaban J connectivity index is 3.27. The van der Waals surface area contributed by atoms with E-state index in [2.05, 4.69) is 4.99 Å². The lowest BCUT2D eigenvalue weighted by Gasteiger charge is -2.15. The monoisotopic (exact) mass is 344 g/mol. The van der Waals surface area contributed by atoms with Crippen LogP contribution in [0.4, 0.5) is 26.3 Å². The molecule has 0 saturated carbocycles. The Kier molecular flexibility index (Phi) is 6.00. The molecule has 0 fully saturated rings. The van der Waals surface area contributed by atoms with Crippen molar-refractivity contribution in [1.29, 1.82) is 0 Å². The summed E-state index contributed by atoms with van der Waals surface area (Å²) in [5, 5.41) is 0. The molecule has 0 aliphatic rings. The molecule has 4 nitrogen and oxygen atoms in total. The molecule has 0 saturated heterocycles. The zero-order chi connectivity index (χ0) is 17.8. The Hall–Kier alpha value is -1.81. The lowest BCUT2D eigenvalue weighted by Crippen LogP contribution is -2.22. The maximum Gasteiger partial charge on any atom is 0.416 e. The molecule has 130 valence electrons. The third-order valence-electron chi connectivity index (χ3n) is 2.82. The highest BCUT2D eigenvalue weighted by Crippen LogP contribution is 2.36. The molecule has 0 aliphatic carbocycles. The highest BCUT2D eigenvalue weighted by atomic mass is 19.4. The van der Waals surface area contributed by atoms with Gasteiger partial charge in [0.15, 0.2) is 6.29 Å². The van der Waals surface area contributed by atoms with Crippen LogP contribution in [0.3, 0.4) is 0 Å². The minimum absolute atomic E-state index is 0.0178. The molecular weight excluding hydrogens is 330 g/mol. The van der Waals surface area contributed by atoms with Crippen molar-refractivity contribution in [3.8, 4) is 0 Å². The summed E-state index contributed by atoms with van der Waals surface area (Å²) in [7, 11) is 2.60. The number of nitrogens with two attached hydrogens (primary N) is 1. The van der Waals surface area contributed by atoms with E-state index in [4.69, 9.17) is 15.2 Å². The molecular formula is C13H14F6N2O2. The molecule has 1 rings (SSSR count). The molecule has 1 aromatic carbocycles. The summed E-state index contributed by atoms with van der Waals surface area (Å²) in [4.78, 5) is 3.69. The van der Waals surface area contributed by atoms with Crippen LogP contribution >= 0.6 is 0 Å². The SMILES string of the molecule is COC(CN=C(N)c1cc(C(F)(F)F)cc(C(F)(F)F)c1)OC. The van der Waals surface area contributed by atoms with Gasteiger partial charge < -0.3 is 15.2 Å². The Labute approximate surface area is 127 Å². The summed E-state index contributed by atoms with van der Waals surface area (Å²) >= 11 is 0. The number of hydrogen-bond acceptors (Lipinski definition) is 3. The molecule has 2 N–H and O–H groups in total. The fraction of sp³-hybridized carbons (Fsp3) is 0.462. The van der Waals surface area contributed by atoms with Gasteiger partial charge in [0.2, 0.25) is 0 Å². The largest absolute Gasteiger partial charge is 0.416 e. The standard InChI is InChI=1S/C13H14F6N2O2/c1-22-10(23-2)6-21-11(20)7-3-8(12(14,15)16)5-9(4-7)13(17,18)19/h3-5,10H,6H2,1-2H3,(H2,20,21). The van der Waals surface area contributed by atoms with E-state index in [0.29, 0.717) is 12.1 Å². The first-order chi connectivity index (χ1) is 10.5. The normalized spacial score (nSPS) is 13.7. The van der Waals surface area contributed by atoms with E-state index in [0.717, 1.165) is 0 Å². The summed E-state index contributed by atoms with van der Waals surface area (Å²) in [6.07, 6.45) is -10.7. The fourth-order valence-electron chi connectivity index (χ4n) is 1.61. The first-order valence-corrected chi connectivity index (χ1v) is 6.14. The van der Waals surface area contributed by atoms with Crippen molar-refractivity contribution in [3.05, 3.63) is 34.9 Å². The molecule has 1 aromatic rings. The Bertz CT molecular complexity index is 532. The maximum atomic E-state index is 12.7. The quantitative estimate of drug-likeness (QED) is 0.387. The molecule has 10 heteroatoms. The molecule has 0 aliphatic heterocycles. The molecule has 0 unspecified atom stereocenters. The number of ether oxygens (including phenoxy) is 2. The van der Waals surface area contributed by atoms with Crippen molar-refractivity contribution >= 4 is 5.84 Å². The van der Waals surface area contributed by atoms with E-state index in [1.165, 1.54) is 14.2 Å². The Morgan fingerprint density at radius 1 is 1.00 bits per heavy atom. The van der Waals surface area contributed by atoms with Gasteiger partial charge in [-0.1, -0.05) is 0 Å². The summed E-state index contributed by atoms with van der Waals surface area (Å²) in [5.74, 6) is -0.485. The van der Waals surface area contributed by atoms with Gasteiger partial charge in [-0.15, -0.1) is 0 Å². The van der Waals surface area contributed by atoms with Crippen LogP contribution < -0.4 is 5.73 Å². The predicted octanol–water partition coefficient (Wildman–Crippen LogP) is 3.05. The first-order valence-electron chi connectivity index (χ1n) is 6.14. The van der Waals surface area contributed by atoms with Crippen molar-refractivity contribution in [2.75, 3.05) is 20.8 Å². The van der Waals surface area contributed by atoms with Crippen molar-refractivity contribution in [3.63, 3.8) is 0 Å². The smallest absolute Gasteiger partial charge is 0.384 e. The van der Waals surface area contributed by atoms with Crippen molar-refractivity contribution in [2.24, 2.45) is 10.7 Å². The number of halogens is 6. The molecule has 0 spiro atoms. The van der Waals surface area contributed by atoms with E-state index in [-0.39, 0.29) is 12.6 Å². The van der Waals surface area contributed by atoms with Gasteiger partial charge >= 0.3 is 12.4 Å². The van der Waals surface area contributed by atoms with Crippen molar-refractivity contribution < 1.29 is 35.8 Å². The fourth-order valence-corrected chi connectivity index (χ4v) is 1.61. The topological polar surface area (TPSA) is 56.8 Å². The van der Waals surface area contributed by atoms with Crippen LogP contribution in [0.1, 0.15) is 16.7 Å². The van der Waals surface area contributed by atoms with Gasteiger partial charge in [-0.25, -0.2) is 0 Å². The van der Waals surface area contributed by atoms with Gasteiger partial charge in [0.25, 0.3) is 0 Å². The van der Waals surface area contributed by atoms with Gasteiger partial charge in [-0.2, -0.15) is 26.3 Å². The Morgan fingerprint density at radius 2 is 1.43 bits per heavy atom. The van der Waals surface area contributed by atoms with Gasteiger partial charge in [0.1, 0.15) is 5.84 Å². The zero-order valence-electron chi connectivity index (χ0n) is 12.1. The van der Waals surface area contributed by atoms with Crippen LogP contribution in [-0.2, 0) is 21.8 Å². The number of benzene rings is 1. The van der Waals surface area contributed by atoms with Crippen LogP contribution in [0.2, 0.25) is 0 Å². The van der Waals surface area contributed by atoms with Gasteiger partial charge in [-0.05, 0) is 18.2 Å². The average Bonchev–Trinajstić information content (AvgIpc) is 2.45. The van der Waals surface area contributed by atoms with Crippen LogP contribution in [0.15, 0.2) is 23.2 Å². The minimum atomic E-state index is -4.95. The second-order valence-electron chi connectivity index (χ2n) is 4.42. The summed E-state index contributed by atoms with van der Waals surface area (Å²) in [5.41, 5.74) is 2.07. The van der Waals surface area contributed by atoms with E-state index in [9.17, 15) is 26.3 Å². The second-order valence-corrected chi connectivity index (χ2v) is 4.42.